The molecule has 0 spiro atoms. The number of hydrogen-bond donors (Lipinski definition) is 1. The second-order valence-corrected chi connectivity index (χ2v) is 5.21. The molecule has 2 aromatic carbocycles. The third-order valence-corrected chi connectivity index (χ3v) is 3.63. The van der Waals surface area contributed by atoms with Crippen LogP contribution in [0.1, 0.15) is 25.7 Å². The van der Waals surface area contributed by atoms with Crippen molar-refractivity contribution in [3.8, 4) is 11.1 Å². The average Bonchev–Trinajstić information content (AvgIpc) is 2.77. The Balaban J connectivity index is 1.79. The predicted molar refractivity (Wildman–Crippen MR) is 86.3 cm³/mol. The standard InChI is InChI=1S/C18H20N2/c1-3-8-15(9-4-1)16-10-7-11-17(14-16)20-18-12-5-2-6-13-19-18/h1,3-4,7-11,14H,2,5-6,12-13H2,(H,19,20). The number of hydrogen-bond acceptors (Lipinski definition) is 2. The summed E-state index contributed by atoms with van der Waals surface area (Å²) in [5.74, 6) is 1.13. The number of benzene rings is 2. The van der Waals surface area contributed by atoms with E-state index in [4.69, 9.17) is 0 Å². The summed E-state index contributed by atoms with van der Waals surface area (Å²) in [4.78, 5) is 4.63. The van der Waals surface area contributed by atoms with Gasteiger partial charge in [0.2, 0.25) is 0 Å². The van der Waals surface area contributed by atoms with Crippen molar-refractivity contribution in [3.63, 3.8) is 0 Å². The lowest BCUT2D eigenvalue weighted by molar-refractivity contribution is 0.731. The smallest absolute Gasteiger partial charge is 0.101 e. The fourth-order valence-electron chi connectivity index (χ4n) is 2.55. The molecule has 0 aromatic heterocycles. The quantitative estimate of drug-likeness (QED) is 0.832. The zero-order valence-electron chi connectivity index (χ0n) is 11.7. The maximum atomic E-state index is 4.63. The van der Waals surface area contributed by atoms with E-state index in [-0.39, 0.29) is 0 Å². The van der Waals surface area contributed by atoms with E-state index in [1.807, 2.05) is 6.07 Å². The molecular formula is C18H20N2. The van der Waals surface area contributed by atoms with Crippen molar-refractivity contribution in [1.82, 2.24) is 0 Å². The minimum atomic E-state index is 0.959. The highest BCUT2D eigenvalue weighted by molar-refractivity contribution is 5.96. The van der Waals surface area contributed by atoms with Crippen LogP contribution in [0, 0.1) is 0 Å². The van der Waals surface area contributed by atoms with Gasteiger partial charge < -0.3 is 5.32 Å². The molecule has 1 N–H and O–H groups in total. The lowest BCUT2D eigenvalue weighted by atomic mass is 10.1. The van der Waals surface area contributed by atoms with Crippen LogP contribution in [0.5, 0.6) is 0 Å². The lowest BCUT2D eigenvalue weighted by Crippen LogP contribution is -2.11. The minimum absolute atomic E-state index is 0.959. The van der Waals surface area contributed by atoms with E-state index in [1.165, 1.54) is 30.4 Å². The molecule has 0 fully saturated rings. The van der Waals surface area contributed by atoms with E-state index >= 15 is 0 Å². The molecule has 2 aromatic rings. The van der Waals surface area contributed by atoms with Crippen LogP contribution in [0.4, 0.5) is 5.69 Å². The van der Waals surface area contributed by atoms with E-state index < -0.39 is 0 Å². The van der Waals surface area contributed by atoms with Gasteiger partial charge in [0.25, 0.3) is 0 Å². The predicted octanol–water partition coefficient (Wildman–Crippen LogP) is 4.74. The van der Waals surface area contributed by atoms with Crippen molar-refractivity contribution in [1.29, 1.82) is 0 Å². The molecule has 0 unspecified atom stereocenters. The zero-order chi connectivity index (χ0) is 13.6. The van der Waals surface area contributed by atoms with Crippen LogP contribution in [0.3, 0.4) is 0 Å². The van der Waals surface area contributed by atoms with Crippen LogP contribution in [0.25, 0.3) is 11.1 Å². The molecule has 1 aliphatic rings. The van der Waals surface area contributed by atoms with Crippen LogP contribution < -0.4 is 5.32 Å². The van der Waals surface area contributed by atoms with Gasteiger partial charge in [-0.25, -0.2) is 0 Å². The average molecular weight is 264 g/mol. The zero-order valence-corrected chi connectivity index (χ0v) is 11.7. The SMILES string of the molecule is c1ccc(-c2cccc(NC3=NCCCCC3)c2)cc1. The molecular weight excluding hydrogens is 244 g/mol. The van der Waals surface area contributed by atoms with E-state index in [1.54, 1.807) is 0 Å². The summed E-state index contributed by atoms with van der Waals surface area (Å²) in [5, 5.41) is 3.48. The maximum Gasteiger partial charge on any atom is 0.101 e. The molecule has 0 saturated carbocycles. The van der Waals surface area contributed by atoms with Crippen LogP contribution in [-0.2, 0) is 0 Å². The Morgan fingerprint density at radius 3 is 2.55 bits per heavy atom. The topological polar surface area (TPSA) is 24.4 Å². The van der Waals surface area contributed by atoms with Gasteiger partial charge in [0.15, 0.2) is 0 Å². The van der Waals surface area contributed by atoms with Crippen LogP contribution in [-0.4, -0.2) is 12.4 Å². The molecule has 0 aliphatic carbocycles. The molecule has 0 saturated heterocycles. The Bertz CT molecular complexity index is 587. The Morgan fingerprint density at radius 1 is 0.800 bits per heavy atom. The fraction of sp³-hybridized carbons (Fsp3) is 0.278. The molecule has 2 heteroatoms. The third-order valence-electron chi connectivity index (χ3n) is 3.63. The first-order valence-corrected chi connectivity index (χ1v) is 7.38. The van der Waals surface area contributed by atoms with Gasteiger partial charge in [-0.15, -0.1) is 0 Å². The largest absolute Gasteiger partial charge is 0.344 e. The highest BCUT2D eigenvalue weighted by Crippen LogP contribution is 2.22. The Labute approximate surface area is 120 Å². The van der Waals surface area contributed by atoms with Crippen molar-refractivity contribution < 1.29 is 0 Å². The first kappa shape index (κ1) is 12.9. The summed E-state index contributed by atoms with van der Waals surface area (Å²) in [6.45, 7) is 0.959. The van der Waals surface area contributed by atoms with Gasteiger partial charge in [0.05, 0.1) is 0 Å². The van der Waals surface area contributed by atoms with Crippen molar-refractivity contribution in [2.24, 2.45) is 4.99 Å². The number of nitrogens with zero attached hydrogens (tertiary/aromatic N) is 1. The third kappa shape index (κ3) is 3.27. The normalized spacial score (nSPS) is 15.3. The van der Waals surface area contributed by atoms with Crippen molar-refractivity contribution in [3.05, 3.63) is 54.6 Å². The molecule has 20 heavy (non-hydrogen) atoms. The molecule has 1 aliphatic heterocycles. The number of nitrogens with one attached hydrogen (secondary N) is 1. The highest BCUT2D eigenvalue weighted by Gasteiger charge is 2.05. The van der Waals surface area contributed by atoms with Gasteiger partial charge in [-0.2, -0.15) is 0 Å². The maximum absolute atomic E-state index is 4.63. The lowest BCUT2D eigenvalue weighted by Gasteiger charge is -2.10. The monoisotopic (exact) mass is 264 g/mol. The summed E-state index contributed by atoms with van der Waals surface area (Å²) < 4.78 is 0. The molecule has 0 bridgehead atoms. The number of anilines is 1. The minimum Gasteiger partial charge on any atom is -0.344 e. The first-order valence-electron chi connectivity index (χ1n) is 7.38. The number of amidine groups is 1. The molecule has 3 rings (SSSR count). The second-order valence-electron chi connectivity index (χ2n) is 5.21. The van der Waals surface area contributed by atoms with Crippen LogP contribution >= 0.6 is 0 Å². The van der Waals surface area contributed by atoms with Crippen molar-refractivity contribution in [2.75, 3.05) is 11.9 Å². The molecule has 0 amide bonds. The summed E-state index contributed by atoms with van der Waals surface area (Å²) in [6.07, 6.45) is 4.81. The van der Waals surface area contributed by atoms with E-state index in [0.717, 1.165) is 24.5 Å². The Hall–Kier alpha value is -2.09. The summed E-state index contributed by atoms with van der Waals surface area (Å²) >= 11 is 0. The summed E-state index contributed by atoms with van der Waals surface area (Å²) in [7, 11) is 0. The second kappa shape index (κ2) is 6.38. The summed E-state index contributed by atoms with van der Waals surface area (Å²) in [5.41, 5.74) is 3.62. The van der Waals surface area contributed by atoms with E-state index in [0.29, 0.717) is 0 Å². The van der Waals surface area contributed by atoms with Gasteiger partial charge in [0.1, 0.15) is 5.84 Å². The van der Waals surface area contributed by atoms with Crippen LogP contribution in [0.2, 0.25) is 0 Å². The molecule has 0 radical (unpaired) electrons. The number of aliphatic imine (C=N–C) groups is 1. The Morgan fingerprint density at radius 2 is 1.65 bits per heavy atom. The van der Waals surface area contributed by atoms with Gasteiger partial charge in [0, 0.05) is 18.7 Å². The molecule has 1 heterocycles. The van der Waals surface area contributed by atoms with Crippen LogP contribution in [0.15, 0.2) is 59.6 Å². The van der Waals surface area contributed by atoms with Gasteiger partial charge in [-0.1, -0.05) is 48.9 Å². The molecule has 0 atom stereocenters. The van der Waals surface area contributed by atoms with E-state index in [2.05, 4.69) is 58.8 Å². The highest BCUT2D eigenvalue weighted by atomic mass is 15.0. The summed E-state index contributed by atoms with van der Waals surface area (Å²) in [6, 6.07) is 19.0. The number of rotatable bonds is 2. The van der Waals surface area contributed by atoms with Crippen molar-refractivity contribution in [2.45, 2.75) is 25.7 Å². The molecule has 2 nitrogen and oxygen atoms in total. The van der Waals surface area contributed by atoms with E-state index in [9.17, 15) is 0 Å². The van der Waals surface area contributed by atoms with Crippen molar-refractivity contribution >= 4 is 11.5 Å². The first-order chi connectivity index (χ1) is 9.92. The molecule has 102 valence electrons. The Kier molecular flexibility index (Phi) is 4.12. The van der Waals surface area contributed by atoms with Gasteiger partial charge in [-0.05, 0) is 36.1 Å². The van der Waals surface area contributed by atoms with Gasteiger partial charge in [-0.3, -0.25) is 4.99 Å². The fourth-order valence-corrected chi connectivity index (χ4v) is 2.55. The van der Waals surface area contributed by atoms with Gasteiger partial charge >= 0.3 is 0 Å².